The molecular weight excluding hydrogens is 318 g/mol. The van der Waals surface area contributed by atoms with Crippen LogP contribution in [0.3, 0.4) is 0 Å². The fourth-order valence-electron chi connectivity index (χ4n) is 4.13. The number of aromatic nitrogens is 2. The molecule has 24 heavy (non-hydrogen) atoms. The van der Waals surface area contributed by atoms with Crippen molar-refractivity contribution in [3.05, 3.63) is 29.6 Å². The summed E-state index contributed by atoms with van der Waals surface area (Å²) in [6.07, 6.45) is 3.72. The third-order valence-corrected chi connectivity index (χ3v) is 5.86. The van der Waals surface area contributed by atoms with E-state index in [0.29, 0.717) is 0 Å². The molecule has 1 aromatic heterocycles. The van der Waals surface area contributed by atoms with Gasteiger partial charge >= 0.3 is 0 Å². The van der Waals surface area contributed by atoms with Crippen LogP contribution < -0.4 is 0 Å². The monoisotopic (exact) mass is 347 g/mol. The minimum absolute atomic E-state index is 0.0339. The number of nitrogens with one attached hydrogen (secondary N) is 1. The van der Waals surface area contributed by atoms with Crippen LogP contribution in [0, 0.1) is 0 Å². The van der Waals surface area contributed by atoms with Crippen LogP contribution in [0.2, 0.25) is 0 Å². The molecule has 3 rings (SSSR count). The zero-order chi connectivity index (χ0) is 17.5. The molecule has 0 aliphatic carbocycles. The van der Waals surface area contributed by atoms with Gasteiger partial charge in [0.2, 0.25) is 0 Å². The van der Waals surface area contributed by atoms with Gasteiger partial charge in [-0.15, -0.1) is 0 Å². The fraction of sp³-hybridized carbons (Fsp3) is 0.632. The summed E-state index contributed by atoms with van der Waals surface area (Å²) < 4.78 is 0. The molecule has 2 N–H and O–H groups in total. The highest BCUT2D eigenvalue weighted by atomic mass is 32.1. The summed E-state index contributed by atoms with van der Waals surface area (Å²) in [6.45, 7) is 10.3. The van der Waals surface area contributed by atoms with Gasteiger partial charge in [-0.25, -0.2) is 4.98 Å². The maximum absolute atomic E-state index is 9.29. The van der Waals surface area contributed by atoms with E-state index in [9.17, 15) is 5.11 Å². The molecule has 0 radical (unpaired) electrons. The highest BCUT2D eigenvalue weighted by Crippen LogP contribution is 2.40. The number of imidazole rings is 1. The zero-order valence-corrected chi connectivity index (χ0v) is 16.0. The first kappa shape index (κ1) is 17.8. The number of aromatic amines is 1. The van der Waals surface area contributed by atoms with Gasteiger partial charge in [-0.05, 0) is 64.7 Å². The topological polar surface area (TPSA) is 52.1 Å². The van der Waals surface area contributed by atoms with E-state index in [2.05, 4.69) is 37.6 Å². The molecule has 4 nitrogen and oxygen atoms in total. The lowest BCUT2D eigenvalue weighted by molar-refractivity contribution is -0.0263. The van der Waals surface area contributed by atoms with E-state index in [4.69, 9.17) is 17.6 Å². The minimum atomic E-state index is 0.0339. The van der Waals surface area contributed by atoms with E-state index in [1.807, 2.05) is 18.2 Å². The Balaban J connectivity index is 1.84. The van der Waals surface area contributed by atoms with Gasteiger partial charge in [-0.1, -0.05) is 6.07 Å². The predicted molar refractivity (Wildman–Crippen MR) is 102 cm³/mol. The summed E-state index contributed by atoms with van der Waals surface area (Å²) >= 11 is 4.86. The number of H-pyrrole nitrogens is 1. The van der Waals surface area contributed by atoms with Gasteiger partial charge in [0, 0.05) is 17.6 Å². The summed E-state index contributed by atoms with van der Waals surface area (Å²) in [5.74, 6) is 0.903. The Kier molecular flexibility index (Phi) is 4.71. The Morgan fingerprint density at radius 2 is 1.92 bits per heavy atom. The number of fused-ring (bicyclic) bond motifs is 1. The molecule has 5 heteroatoms. The van der Waals surface area contributed by atoms with Crippen molar-refractivity contribution in [3.63, 3.8) is 0 Å². The summed E-state index contributed by atoms with van der Waals surface area (Å²) in [4.78, 5) is 10.7. The van der Waals surface area contributed by atoms with Gasteiger partial charge in [0.15, 0.2) is 0 Å². The molecule has 0 amide bonds. The largest absolute Gasteiger partial charge is 0.392 e. The Morgan fingerprint density at radius 3 is 2.54 bits per heavy atom. The van der Waals surface area contributed by atoms with Crippen molar-refractivity contribution in [2.75, 3.05) is 6.54 Å². The highest BCUT2D eigenvalue weighted by molar-refractivity contribution is 7.80. The lowest BCUT2D eigenvalue weighted by Gasteiger charge is -2.53. The standard InChI is InChI=1S/C19H29N3OS/c1-18(2)8-5-9-19(3,4)22(18)11-16(24)17-20-14-7-6-13(12-23)10-15(14)21-17/h6-7,10,16,23-24H,5,8-9,11-12H2,1-4H3,(H,20,21). The van der Waals surface area contributed by atoms with Crippen LogP contribution >= 0.6 is 12.6 Å². The lowest BCUT2D eigenvalue weighted by Crippen LogP contribution is -2.59. The lowest BCUT2D eigenvalue weighted by atomic mass is 9.79. The SMILES string of the molecule is CC1(C)CCCC(C)(C)N1CC(S)c1nc2ccc(CO)cc2[nH]1. The maximum atomic E-state index is 9.29. The Morgan fingerprint density at radius 1 is 1.25 bits per heavy atom. The third kappa shape index (κ3) is 3.35. The van der Waals surface area contributed by atoms with E-state index >= 15 is 0 Å². The second-order valence-electron chi connectivity index (χ2n) is 8.24. The van der Waals surface area contributed by atoms with Crippen LogP contribution in [0.15, 0.2) is 18.2 Å². The van der Waals surface area contributed by atoms with Crippen LogP contribution in [0.25, 0.3) is 11.0 Å². The number of thiol groups is 1. The molecule has 1 saturated heterocycles. The molecular formula is C19H29N3OS. The van der Waals surface area contributed by atoms with E-state index in [0.717, 1.165) is 29.0 Å². The fourth-order valence-corrected chi connectivity index (χ4v) is 4.41. The van der Waals surface area contributed by atoms with Crippen molar-refractivity contribution in [2.45, 2.75) is 69.9 Å². The molecule has 1 aliphatic heterocycles. The Labute approximate surface area is 150 Å². The normalized spacial score (nSPS) is 21.9. The molecule has 0 spiro atoms. The summed E-state index contributed by atoms with van der Waals surface area (Å²) in [7, 11) is 0. The van der Waals surface area contributed by atoms with Gasteiger partial charge in [0.25, 0.3) is 0 Å². The number of aliphatic hydroxyl groups is 1. The molecule has 1 aromatic carbocycles. The molecule has 1 atom stereocenters. The first-order valence-corrected chi connectivity index (χ1v) is 9.30. The zero-order valence-electron chi connectivity index (χ0n) is 15.1. The van der Waals surface area contributed by atoms with Crippen LogP contribution in [-0.4, -0.2) is 37.6 Å². The molecule has 132 valence electrons. The Hall–Kier alpha value is -1.04. The molecule has 1 fully saturated rings. The summed E-state index contributed by atoms with van der Waals surface area (Å²) in [6, 6.07) is 5.83. The van der Waals surface area contributed by atoms with E-state index in [-0.39, 0.29) is 22.9 Å². The maximum Gasteiger partial charge on any atom is 0.121 e. The van der Waals surface area contributed by atoms with Gasteiger partial charge in [0.1, 0.15) is 5.82 Å². The average Bonchev–Trinajstić information content (AvgIpc) is 2.93. The highest BCUT2D eigenvalue weighted by Gasteiger charge is 2.41. The number of rotatable bonds is 4. The van der Waals surface area contributed by atoms with Gasteiger partial charge < -0.3 is 10.1 Å². The van der Waals surface area contributed by atoms with E-state index in [1.165, 1.54) is 19.3 Å². The van der Waals surface area contributed by atoms with E-state index in [1.54, 1.807) is 0 Å². The van der Waals surface area contributed by atoms with Gasteiger partial charge in [0.05, 0.1) is 22.9 Å². The average molecular weight is 348 g/mol. The van der Waals surface area contributed by atoms with Crippen LogP contribution in [0.5, 0.6) is 0 Å². The number of piperidine rings is 1. The van der Waals surface area contributed by atoms with E-state index < -0.39 is 0 Å². The predicted octanol–water partition coefficient (Wildman–Crippen LogP) is 4.07. The minimum Gasteiger partial charge on any atom is -0.392 e. The molecule has 0 bridgehead atoms. The Bertz CT molecular complexity index is 706. The first-order valence-electron chi connectivity index (χ1n) is 8.78. The summed E-state index contributed by atoms with van der Waals surface area (Å²) in [5.41, 5.74) is 3.15. The molecule has 1 aliphatic rings. The molecule has 0 saturated carbocycles. The van der Waals surface area contributed by atoms with Crippen molar-refractivity contribution in [1.82, 2.24) is 14.9 Å². The third-order valence-electron chi connectivity index (χ3n) is 5.46. The molecule has 2 aromatic rings. The number of likely N-dealkylation sites (tertiary alicyclic amines) is 1. The first-order chi connectivity index (χ1) is 11.2. The van der Waals surface area contributed by atoms with Crippen molar-refractivity contribution < 1.29 is 5.11 Å². The number of nitrogens with zero attached hydrogens (tertiary/aromatic N) is 2. The summed E-state index contributed by atoms with van der Waals surface area (Å²) in [5, 5.41) is 9.32. The van der Waals surface area contributed by atoms with Gasteiger partial charge in [-0.3, -0.25) is 4.90 Å². The number of hydrogen-bond donors (Lipinski definition) is 3. The second-order valence-corrected chi connectivity index (χ2v) is 8.86. The number of hydrogen-bond acceptors (Lipinski definition) is 4. The van der Waals surface area contributed by atoms with Crippen molar-refractivity contribution >= 4 is 23.7 Å². The second kappa shape index (κ2) is 6.36. The quantitative estimate of drug-likeness (QED) is 0.731. The van der Waals surface area contributed by atoms with Crippen molar-refractivity contribution in [1.29, 1.82) is 0 Å². The number of aliphatic hydroxyl groups excluding tert-OH is 1. The van der Waals surface area contributed by atoms with Crippen LogP contribution in [-0.2, 0) is 6.61 Å². The molecule has 2 heterocycles. The van der Waals surface area contributed by atoms with Crippen molar-refractivity contribution in [2.24, 2.45) is 0 Å². The van der Waals surface area contributed by atoms with Crippen molar-refractivity contribution in [3.8, 4) is 0 Å². The van der Waals surface area contributed by atoms with Crippen LogP contribution in [0.4, 0.5) is 0 Å². The smallest absolute Gasteiger partial charge is 0.121 e. The van der Waals surface area contributed by atoms with Gasteiger partial charge in [-0.2, -0.15) is 12.6 Å². The molecule has 1 unspecified atom stereocenters. The van der Waals surface area contributed by atoms with Crippen LogP contribution in [0.1, 0.15) is 63.6 Å². The number of benzene rings is 1.